The van der Waals surface area contributed by atoms with Gasteiger partial charge in [-0.2, -0.15) is 0 Å². The fraction of sp³-hybridized carbons (Fsp3) is 0.909. The number of carbonyl (C=O) groups excluding carboxylic acids is 1. The molecule has 88 valence electrons. The predicted octanol–water partition coefficient (Wildman–Crippen LogP) is 0.623. The van der Waals surface area contributed by atoms with Crippen LogP contribution in [0.5, 0.6) is 0 Å². The molecule has 1 fully saturated rings. The van der Waals surface area contributed by atoms with Crippen molar-refractivity contribution < 1.29 is 9.53 Å². The summed E-state index contributed by atoms with van der Waals surface area (Å²) in [5.74, 6) is -0.0643. The van der Waals surface area contributed by atoms with Gasteiger partial charge < -0.3 is 15.0 Å². The first kappa shape index (κ1) is 12.5. The van der Waals surface area contributed by atoms with Crippen LogP contribution in [0.15, 0.2) is 0 Å². The average Bonchev–Trinajstić information content (AvgIpc) is 2.22. The highest BCUT2D eigenvalue weighted by molar-refractivity contribution is 5.69. The Kier molecular flexibility index (Phi) is 5.65. The third-order valence-corrected chi connectivity index (χ3v) is 2.72. The van der Waals surface area contributed by atoms with Gasteiger partial charge in [-0.15, -0.1) is 0 Å². The van der Waals surface area contributed by atoms with E-state index in [4.69, 9.17) is 4.74 Å². The van der Waals surface area contributed by atoms with Crippen molar-refractivity contribution in [3.63, 3.8) is 0 Å². The highest BCUT2D eigenvalue weighted by Gasteiger charge is 2.19. The lowest BCUT2D eigenvalue weighted by Gasteiger charge is -2.28. The van der Waals surface area contributed by atoms with Crippen molar-refractivity contribution in [2.24, 2.45) is 0 Å². The number of rotatable bonds is 5. The molecule has 1 aliphatic rings. The number of likely N-dealkylation sites (tertiary alicyclic amines) is 1. The Morgan fingerprint density at radius 3 is 2.73 bits per heavy atom. The average molecular weight is 214 g/mol. The minimum atomic E-state index is -0.0643. The summed E-state index contributed by atoms with van der Waals surface area (Å²) < 4.78 is 5.38. The van der Waals surface area contributed by atoms with Crippen LogP contribution >= 0.6 is 0 Å². The van der Waals surface area contributed by atoms with E-state index in [1.165, 1.54) is 0 Å². The molecule has 1 heterocycles. The van der Waals surface area contributed by atoms with E-state index >= 15 is 0 Å². The van der Waals surface area contributed by atoms with Crippen molar-refractivity contribution in [2.45, 2.75) is 32.3 Å². The van der Waals surface area contributed by atoms with Crippen LogP contribution in [0.3, 0.4) is 0 Å². The molecular weight excluding hydrogens is 192 g/mol. The van der Waals surface area contributed by atoms with E-state index < -0.39 is 0 Å². The molecule has 0 amide bonds. The van der Waals surface area contributed by atoms with Gasteiger partial charge in [-0.1, -0.05) is 6.92 Å². The van der Waals surface area contributed by atoms with Crippen molar-refractivity contribution in [3.8, 4) is 0 Å². The molecule has 0 saturated carbocycles. The largest absolute Gasteiger partial charge is 0.462 e. The minimum Gasteiger partial charge on any atom is -0.462 e. The van der Waals surface area contributed by atoms with Gasteiger partial charge in [0, 0.05) is 19.6 Å². The first-order chi connectivity index (χ1) is 7.22. The zero-order chi connectivity index (χ0) is 11.1. The van der Waals surface area contributed by atoms with Gasteiger partial charge in [-0.25, -0.2) is 0 Å². The second kappa shape index (κ2) is 6.80. The summed E-state index contributed by atoms with van der Waals surface area (Å²) in [6, 6.07) is 0. The van der Waals surface area contributed by atoms with E-state index in [1.807, 2.05) is 6.92 Å². The normalized spacial score (nSPS) is 19.1. The number of piperidine rings is 1. The Morgan fingerprint density at radius 1 is 1.47 bits per heavy atom. The number of nitrogens with one attached hydrogen (secondary N) is 1. The third-order valence-electron chi connectivity index (χ3n) is 2.72. The van der Waals surface area contributed by atoms with Crippen molar-refractivity contribution >= 4 is 5.97 Å². The van der Waals surface area contributed by atoms with E-state index in [0.29, 0.717) is 6.42 Å². The molecule has 0 radical (unpaired) electrons. The van der Waals surface area contributed by atoms with Gasteiger partial charge in [0.05, 0.1) is 6.42 Å². The molecule has 1 N–H and O–H groups in total. The minimum absolute atomic E-state index is 0.0643. The molecule has 0 bridgehead atoms. The first-order valence-corrected chi connectivity index (χ1v) is 5.81. The number of nitrogens with zero attached hydrogens (tertiary/aromatic N) is 1. The van der Waals surface area contributed by atoms with Crippen LogP contribution in [0.1, 0.15) is 26.2 Å². The summed E-state index contributed by atoms with van der Waals surface area (Å²) in [4.78, 5) is 13.7. The number of carbonyl (C=O) groups is 1. The van der Waals surface area contributed by atoms with E-state index in [1.54, 1.807) is 0 Å². The molecule has 0 atom stereocenters. The second-order valence-electron chi connectivity index (χ2n) is 4.10. The molecule has 0 aliphatic carbocycles. The lowest BCUT2D eigenvalue weighted by molar-refractivity contribution is -0.150. The van der Waals surface area contributed by atoms with Crippen molar-refractivity contribution in [1.82, 2.24) is 10.2 Å². The van der Waals surface area contributed by atoms with E-state index in [9.17, 15) is 4.79 Å². The highest BCUT2D eigenvalue weighted by atomic mass is 16.5. The molecule has 0 aromatic carbocycles. The van der Waals surface area contributed by atoms with Crippen LogP contribution in [0, 0.1) is 0 Å². The van der Waals surface area contributed by atoms with Crippen LogP contribution in [-0.4, -0.2) is 50.2 Å². The fourth-order valence-electron chi connectivity index (χ4n) is 1.71. The van der Waals surface area contributed by atoms with Crippen LogP contribution in [-0.2, 0) is 9.53 Å². The molecule has 0 unspecified atom stereocenters. The molecule has 0 spiro atoms. The maximum Gasteiger partial charge on any atom is 0.307 e. The van der Waals surface area contributed by atoms with Gasteiger partial charge in [0.2, 0.25) is 0 Å². The summed E-state index contributed by atoms with van der Waals surface area (Å²) in [6.07, 6.45) is 2.59. The van der Waals surface area contributed by atoms with Gasteiger partial charge >= 0.3 is 5.97 Å². The third kappa shape index (κ3) is 5.14. The van der Waals surface area contributed by atoms with Crippen molar-refractivity contribution in [1.29, 1.82) is 0 Å². The van der Waals surface area contributed by atoms with Gasteiger partial charge in [-0.3, -0.25) is 4.79 Å². The Hall–Kier alpha value is -0.610. The molecule has 4 nitrogen and oxygen atoms in total. The Morgan fingerprint density at radius 2 is 2.13 bits per heavy atom. The first-order valence-electron chi connectivity index (χ1n) is 5.81. The molecule has 1 aliphatic heterocycles. The number of hydrogen-bond acceptors (Lipinski definition) is 4. The molecule has 1 saturated heterocycles. The van der Waals surface area contributed by atoms with E-state index in [-0.39, 0.29) is 12.1 Å². The summed E-state index contributed by atoms with van der Waals surface area (Å²) in [5.41, 5.74) is 0. The summed E-state index contributed by atoms with van der Waals surface area (Å²) in [5, 5.41) is 3.11. The molecule has 4 heteroatoms. The van der Waals surface area contributed by atoms with Crippen molar-refractivity contribution in [3.05, 3.63) is 0 Å². The van der Waals surface area contributed by atoms with Gasteiger partial charge in [0.25, 0.3) is 0 Å². The van der Waals surface area contributed by atoms with E-state index in [0.717, 1.165) is 39.0 Å². The smallest absolute Gasteiger partial charge is 0.307 e. The molecular formula is C11H22N2O2. The lowest BCUT2D eigenvalue weighted by atomic mass is 10.1. The number of esters is 1. The topological polar surface area (TPSA) is 41.6 Å². The summed E-state index contributed by atoms with van der Waals surface area (Å²) >= 11 is 0. The summed E-state index contributed by atoms with van der Waals surface area (Å²) in [6.45, 7) is 5.72. The number of ether oxygens (including phenoxy) is 1. The fourth-order valence-corrected chi connectivity index (χ4v) is 1.71. The van der Waals surface area contributed by atoms with Crippen LogP contribution in [0.2, 0.25) is 0 Å². The Balaban J connectivity index is 2.09. The zero-order valence-corrected chi connectivity index (χ0v) is 9.79. The van der Waals surface area contributed by atoms with Crippen LogP contribution in [0.4, 0.5) is 0 Å². The highest BCUT2D eigenvalue weighted by Crippen LogP contribution is 2.12. The molecule has 0 aromatic rings. The molecule has 0 aromatic heterocycles. The Bertz CT molecular complexity index is 189. The van der Waals surface area contributed by atoms with Gasteiger partial charge in [0.1, 0.15) is 6.10 Å². The number of hydrogen-bond donors (Lipinski definition) is 1. The second-order valence-corrected chi connectivity index (χ2v) is 4.10. The van der Waals surface area contributed by atoms with Crippen LogP contribution < -0.4 is 5.32 Å². The van der Waals surface area contributed by atoms with Gasteiger partial charge in [0.15, 0.2) is 0 Å². The lowest BCUT2D eigenvalue weighted by Crippen LogP contribution is -2.35. The summed E-state index contributed by atoms with van der Waals surface area (Å²) in [7, 11) is 2.10. The quantitative estimate of drug-likeness (QED) is 0.538. The SMILES string of the molecule is CCNCCC(=O)OC1CCN(C)CC1. The monoisotopic (exact) mass is 214 g/mol. The van der Waals surface area contributed by atoms with Gasteiger partial charge in [-0.05, 0) is 26.4 Å². The predicted molar refractivity (Wildman–Crippen MR) is 59.8 cm³/mol. The van der Waals surface area contributed by atoms with Crippen molar-refractivity contribution in [2.75, 3.05) is 33.2 Å². The molecule has 15 heavy (non-hydrogen) atoms. The Labute approximate surface area is 92.0 Å². The van der Waals surface area contributed by atoms with Crippen LogP contribution in [0.25, 0.3) is 0 Å². The maximum atomic E-state index is 11.4. The standard InChI is InChI=1S/C11H22N2O2/c1-3-12-7-4-11(14)15-10-5-8-13(2)9-6-10/h10,12H,3-9H2,1-2H3. The maximum absolute atomic E-state index is 11.4. The van der Waals surface area contributed by atoms with E-state index in [2.05, 4.69) is 17.3 Å². The zero-order valence-electron chi connectivity index (χ0n) is 9.79. The molecule has 1 rings (SSSR count).